The molecule has 3 heterocycles. The molecule has 1 aromatic carbocycles. The van der Waals surface area contributed by atoms with Crippen LogP contribution < -0.4 is 10.1 Å². The van der Waals surface area contributed by atoms with Gasteiger partial charge in [-0.05, 0) is 29.8 Å². The summed E-state index contributed by atoms with van der Waals surface area (Å²) in [5.41, 5.74) is 4.55. The molecular weight excluding hydrogens is 266 g/mol. The van der Waals surface area contributed by atoms with Gasteiger partial charge in [0.2, 0.25) is 5.91 Å². The normalized spacial score (nSPS) is 13.3. The molecule has 21 heavy (non-hydrogen) atoms. The lowest BCUT2D eigenvalue weighted by atomic mass is 10.1. The summed E-state index contributed by atoms with van der Waals surface area (Å²) in [5.74, 6) is 0.778. The van der Waals surface area contributed by atoms with Gasteiger partial charge >= 0.3 is 0 Å². The SMILES string of the molecule is COc1cccn2cc(-c3ccc4c(c3)CC(=O)N4)nc12. The molecule has 1 aliphatic rings. The van der Waals surface area contributed by atoms with Crippen LogP contribution >= 0.6 is 0 Å². The van der Waals surface area contributed by atoms with E-state index in [4.69, 9.17) is 4.74 Å². The van der Waals surface area contributed by atoms with E-state index in [-0.39, 0.29) is 5.91 Å². The Morgan fingerprint density at radius 2 is 2.24 bits per heavy atom. The van der Waals surface area contributed by atoms with Crippen LogP contribution in [0.15, 0.2) is 42.7 Å². The number of hydrogen-bond acceptors (Lipinski definition) is 3. The molecule has 1 N–H and O–H groups in total. The number of imidazole rings is 1. The van der Waals surface area contributed by atoms with Gasteiger partial charge < -0.3 is 14.5 Å². The van der Waals surface area contributed by atoms with Crippen molar-refractivity contribution >= 4 is 17.2 Å². The number of nitrogens with one attached hydrogen (secondary N) is 1. The number of pyridine rings is 1. The summed E-state index contributed by atoms with van der Waals surface area (Å²) >= 11 is 0. The van der Waals surface area contributed by atoms with E-state index in [0.717, 1.165) is 33.9 Å². The topological polar surface area (TPSA) is 55.6 Å². The number of nitrogens with zero attached hydrogens (tertiary/aromatic N) is 2. The number of hydrogen-bond donors (Lipinski definition) is 1. The zero-order valence-corrected chi connectivity index (χ0v) is 11.5. The molecule has 0 saturated heterocycles. The van der Waals surface area contributed by atoms with Crippen LogP contribution in [0.25, 0.3) is 16.9 Å². The first-order chi connectivity index (χ1) is 10.2. The van der Waals surface area contributed by atoms with Gasteiger partial charge in [0, 0.05) is 23.6 Å². The highest BCUT2D eigenvalue weighted by Gasteiger charge is 2.18. The van der Waals surface area contributed by atoms with Crippen molar-refractivity contribution in [3.8, 4) is 17.0 Å². The van der Waals surface area contributed by atoms with Crippen molar-refractivity contribution in [2.24, 2.45) is 0 Å². The summed E-state index contributed by atoms with van der Waals surface area (Å²) in [5, 5.41) is 2.84. The van der Waals surface area contributed by atoms with E-state index in [1.807, 2.05) is 47.1 Å². The smallest absolute Gasteiger partial charge is 0.228 e. The second kappa shape index (κ2) is 4.34. The van der Waals surface area contributed by atoms with Crippen LogP contribution in [0.2, 0.25) is 0 Å². The Morgan fingerprint density at radius 3 is 3.10 bits per heavy atom. The number of ether oxygens (including phenoxy) is 1. The molecule has 0 spiro atoms. The third-order valence-electron chi connectivity index (χ3n) is 3.69. The fourth-order valence-electron chi connectivity index (χ4n) is 2.67. The largest absolute Gasteiger partial charge is 0.493 e. The van der Waals surface area contributed by atoms with Gasteiger partial charge in [-0.3, -0.25) is 4.79 Å². The van der Waals surface area contributed by atoms with Gasteiger partial charge in [-0.25, -0.2) is 4.98 Å². The fourth-order valence-corrected chi connectivity index (χ4v) is 2.67. The number of carbonyl (C=O) groups is 1. The number of anilines is 1. The molecular formula is C16H13N3O2. The maximum atomic E-state index is 11.4. The predicted octanol–water partition coefficient (Wildman–Crippen LogP) is 2.50. The van der Waals surface area contributed by atoms with Crippen molar-refractivity contribution < 1.29 is 9.53 Å². The second-order valence-corrected chi connectivity index (χ2v) is 5.03. The van der Waals surface area contributed by atoms with Crippen molar-refractivity contribution in [3.63, 3.8) is 0 Å². The monoisotopic (exact) mass is 279 g/mol. The number of methoxy groups -OCH3 is 1. The molecule has 0 saturated carbocycles. The Bertz CT molecular complexity index is 867. The van der Waals surface area contributed by atoms with Gasteiger partial charge in [0.25, 0.3) is 0 Å². The van der Waals surface area contributed by atoms with Gasteiger partial charge in [-0.2, -0.15) is 0 Å². The van der Waals surface area contributed by atoms with Crippen LogP contribution in [0.1, 0.15) is 5.56 Å². The summed E-state index contributed by atoms with van der Waals surface area (Å²) < 4.78 is 7.26. The van der Waals surface area contributed by atoms with E-state index in [1.54, 1.807) is 7.11 Å². The third-order valence-corrected chi connectivity index (χ3v) is 3.69. The maximum absolute atomic E-state index is 11.4. The molecule has 3 aromatic rings. The van der Waals surface area contributed by atoms with Crippen molar-refractivity contribution in [2.45, 2.75) is 6.42 Å². The second-order valence-electron chi connectivity index (χ2n) is 5.03. The van der Waals surface area contributed by atoms with Crippen molar-refractivity contribution in [2.75, 3.05) is 12.4 Å². The highest BCUT2D eigenvalue weighted by atomic mass is 16.5. The Hall–Kier alpha value is -2.82. The van der Waals surface area contributed by atoms with Crippen LogP contribution in [0.3, 0.4) is 0 Å². The first-order valence-electron chi connectivity index (χ1n) is 6.69. The minimum atomic E-state index is 0.0406. The number of fused-ring (bicyclic) bond motifs is 2. The minimum Gasteiger partial charge on any atom is -0.493 e. The Morgan fingerprint density at radius 1 is 1.33 bits per heavy atom. The zero-order chi connectivity index (χ0) is 14.4. The van der Waals surface area contributed by atoms with E-state index < -0.39 is 0 Å². The van der Waals surface area contributed by atoms with Crippen LogP contribution in [-0.2, 0) is 11.2 Å². The van der Waals surface area contributed by atoms with Gasteiger partial charge in [-0.15, -0.1) is 0 Å². The molecule has 0 fully saturated rings. The fraction of sp³-hybridized carbons (Fsp3) is 0.125. The molecule has 0 bridgehead atoms. The summed E-state index contributed by atoms with van der Waals surface area (Å²) in [7, 11) is 1.64. The third kappa shape index (κ3) is 1.86. The molecule has 4 rings (SSSR count). The van der Waals surface area contributed by atoms with E-state index in [1.165, 1.54) is 0 Å². The van der Waals surface area contributed by atoms with Crippen LogP contribution in [0, 0.1) is 0 Å². The van der Waals surface area contributed by atoms with Crippen LogP contribution in [0.4, 0.5) is 5.69 Å². The van der Waals surface area contributed by atoms with E-state index >= 15 is 0 Å². The molecule has 0 unspecified atom stereocenters. The van der Waals surface area contributed by atoms with Gasteiger partial charge in [0.1, 0.15) is 0 Å². The lowest BCUT2D eigenvalue weighted by molar-refractivity contribution is -0.115. The maximum Gasteiger partial charge on any atom is 0.228 e. The number of carbonyl (C=O) groups excluding carboxylic acids is 1. The van der Waals surface area contributed by atoms with Crippen molar-refractivity contribution in [3.05, 3.63) is 48.3 Å². The summed E-state index contributed by atoms with van der Waals surface area (Å²) in [6, 6.07) is 9.72. The molecule has 5 heteroatoms. The van der Waals surface area contributed by atoms with Crippen LogP contribution in [-0.4, -0.2) is 22.4 Å². The van der Waals surface area contributed by atoms with Crippen molar-refractivity contribution in [1.82, 2.24) is 9.38 Å². The molecule has 0 atom stereocenters. The van der Waals surface area contributed by atoms with E-state index in [0.29, 0.717) is 6.42 Å². The molecule has 5 nitrogen and oxygen atoms in total. The van der Waals surface area contributed by atoms with E-state index in [2.05, 4.69) is 10.3 Å². The summed E-state index contributed by atoms with van der Waals surface area (Å²) in [4.78, 5) is 16.1. The van der Waals surface area contributed by atoms with Gasteiger partial charge in [-0.1, -0.05) is 6.07 Å². The zero-order valence-electron chi connectivity index (χ0n) is 11.5. The Labute approximate surface area is 121 Å². The lowest BCUT2D eigenvalue weighted by Crippen LogP contribution is -2.03. The summed E-state index contributed by atoms with van der Waals surface area (Å²) in [6.07, 6.45) is 4.33. The summed E-state index contributed by atoms with van der Waals surface area (Å²) in [6.45, 7) is 0. The number of aromatic nitrogens is 2. The molecule has 0 radical (unpaired) electrons. The number of amides is 1. The standard InChI is InChI=1S/C16H13N3O2/c1-21-14-3-2-6-19-9-13(18-16(14)19)10-4-5-12-11(7-10)8-15(20)17-12/h2-7,9H,8H2,1H3,(H,17,20). The van der Waals surface area contributed by atoms with Gasteiger partial charge in [0.15, 0.2) is 11.4 Å². The first kappa shape index (κ1) is 12.0. The molecule has 1 amide bonds. The molecule has 0 aliphatic carbocycles. The van der Waals surface area contributed by atoms with Crippen LogP contribution in [0.5, 0.6) is 5.75 Å². The average Bonchev–Trinajstić information content (AvgIpc) is 3.07. The molecule has 104 valence electrons. The molecule has 2 aromatic heterocycles. The van der Waals surface area contributed by atoms with Crippen molar-refractivity contribution in [1.29, 1.82) is 0 Å². The lowest BCUT2D eigenvalue weighted by Gasteiger charge is -2.01. The van der Waals surface area contributed by atoms with E-state index in [9.17, 15) is 4.79 Å². The van der Waals surface area contributed by atoms with Gasteiger partial charge in [0.05, 0.1) is 19.2 Å². The molecule has 1 aliphatic heterocycles. The Balaban J connectivity index is 1.84. The first-order valence-corrected chi connectivity index (χ1v) is 6.69. The highest BCUT2D eigenvalue weighted by molar-refractivity contribution is 5.99. The number of rotatable bonds is 2. The minimum absolute atomic E-state index is 0.0406. The highest BCUT2D eigenvalue weighted by Crippen LogP contribution is 2.30. The quantitative estimate of drug-likeness (QED) is 0.784. The Kier molecular flexibility index (Phi) is 2.47. The average molecular weight is 279 g/mol. The number of benzene rings is 1. The predicted molar refractivity (Wildman–Crippen MR) is 79.5 cm³/mol.